The van der Waals surface area contributed by atoms with E-state index in [1.54, 1.807) is 6.07 Å². The zero-order valence-corrected chi connectivity index (χ0v) is 14.0. The molecule has 0 aliphatic carbocycles. The normalized spacial score (nSPS) is 14.0. The van der Waals surface area contributed by atoms with E-state index >= 15 is 0 Å². The third-order valence-corrected chi connectivity index (χ3v) is 3.69. The van der Waals surface area contributed by atoms with Crippen molar-refractivity contribution in [1.82, 2.24) is 9.88 Å². The van der Waals surface area contributed by atoms with Crippen molar-refractivity contribution in [3.8, 4) is 17.4 Å². The maximum atomic E-state index is 12.4. The van der Waals surface area contributed by atoms with Gasteiger partial charge in [0, 0.05) is 17.7 Å². The zero-order valence-electron chi connectivity index (χ0n) is 14.0. The van der Waals surface area contributed by atoms with E-state index in [1.165, 1.54) is 35.4 Å². The first-order valence-electron chi connectivity index (χ1n) is 7.96. The zero-order chi connectivity index (χ0) is 19.4. The molecule has 3 rings (SSSR count). The Hall–Kier alpha value is -3.17. The van der Waals surface area contributed by atoms with E-state index in [9.17, 15) is 23.1 Å². The Balaban J connectivity index is 1.60. The molecule has 1 aliphatic rings. The summed E-state index contributed by atoms with van der Waals surface area (Å²) in [7, 11) is 0. The number of anilines is 1. The summed E-state index contributed by atoms with van der Waals surface area (Å²) in [6, 6.07) is 6.89. The molecular weight excluding hydrogens is 367 g/mol. The summed E-state index contributed by atoms with van der Waals surface area (Å²) in [6.07, 6.45) is -3.24. The Morgan fingerprint density at radius 3 is 2.85 bits per heavy atom. The number of amides is 2. The minimum atomic E-state index is -4.45. The van der Waals surface area contributed by atoms with Crippen molar-refractivity contribution in [3.05, 3.63) is 42.1 Å². The van der Waals surface area contributed by atoms with Crippen LogP contribution in [-0.2, 0) is 6.54 Å². The summed E-state index contributed by atoms with van der Waals surface area (Å²) in [5, 5.41) is 12.1. The molecule has 0 radical (unpaired) electrons. The second-order valence-electron chi connectivity index (χ2n) is 5.78. The number of carbonyl (C=O) groups is 1. The topological polar surface area (TPSA) is 83.9 Å². The van der Waals surface area contributed by atoms with Gasteiger partial charge in [-0.1, -0.05) is 0 Å². The van der Waals surface area contributed by atoms with E-state index in [2.05, 4.69) is 15.0 Å². The first kappa shape index (κ1) is 18.6. The molecule has 0 spiro atoms. The quantitative estimate of drug-likeness (QED) is 0.851. The van der Waals surface area contributed by atoms with Gasteiger partial charge in [0.2, 0.25) is 5.88 Å². The number of alkyl halides is 3. The van der Waals surface area contributed by atoms with Crippen LogP contribution in [0.1, 0.15) is 5.56 Å². The number of pyridine rings is 1. The van der Waals surface area contributed by atoms with Gasteiger partial charge >= 0.3 is 12.2 Å². The van der Waals surface area contributed by atoms with E-state index in [1.807, 2.05) is 0 Å². The lowest BCUT2D eigenvalue weighted by molar-refractivity contribution is -0.154. The molecular formula is C17H16F3N3O4. The lowest BCUT2D eigenvalue weighted by atomic mass is 10.2. The van der Waals surface area contributed by atoms with Gasteiger partial charge in [-0.3, -0.25) is 0 Å². The largest absolute Gasteiger partial charge is 0.508 e. The van der Waals surface area contributed by atoms with E-state index < -0.39 is 18.8 Å². The van der Waals surface area contributed by atoms with E-state index in [0.717, 1.165) is 5.56 Å². The number of nitrogens with one attached hydrogen (secondary N) is 1. The molecule has 0 atom stereocenters. The first-order valence-corrected chi connectivity index (χ1v) is 7.96. The van der Waals surface area contributed by atoms with E-state index in [4.69, 9.17) is 4.74 Å². The maximum absolute atomic E-state index is 12.4. The monoisotopic (exact) mass is 383 g/mol. The average molecular weight is 383 g/mol. The minimum absolute atomic E-state index is 0.0746. The molecule has 0 unspecified atom stereocenters. The molecule has 0 bridgehead atoms. The van der Waals surface area contributed by atoms with Crippen molar-refractivity contribution in [2.75, 3.05) is 25.1 Å². The lowest BCUT2D eigenvalue weighted by Gasteiger charge is -2.20. The van der Waals surface area contributed by atoms with Gasteiger partial charge in [-0.2, -0.15) is 13.2 Å². The summed E-state index contributed by atoms with van der Waals surface area (Å²) in [5.74, 6) is 0.394. The number of nitrogens with zero attached hydrogens (tertiary/aromatic N) is 2. The number of phenols is 1. The number of benzene rings is 1. The fraction of sp³-hybridized carbons (Fsp3) is 0.294. The Kier molecular flexibility index (Phi) is 5.24. The van der Waals surface area contributed by atoms with Crippen LogP contribution >= 0.6 is 0 Å². The van der Waals surface area contributed by atoms with Crippen LogP contribution < -0.4 is 14.8 Å². The first-order chi connectivity index (χ1) is 12.8. The van der Waals surface area contributed by atoms with Crippen LogP contribution in [0.15, 0.2) is 36.5 Å². The Bertz CT molecular complexity index is 812. The van der Waals surface area contributed by atoms with Gasteiger partial charge in [-0.15, -0.1) is 0 Å². The lowest BCUT2D eigenvalue weighted by Crippen LogP contribution is -2.36. The van der Waals surface area contributed by atoms with Crippen molar-refractivity contribution >= 4 is 11.7 Å². The van der Waals surface area contributed by atoms with Crippen molar-refractivity contribution < 1.29 is 32.5 Å². The Morgan fingerprint density at radius 2 is 2.15 bits per heavy atom. The highest BCUT2D eigenvalue weighted by molar-refractivity contribution is 5.89. The number of rotatable bonds is 3. The van der Waals surface area contributed by atoms with Gasteiger partial charge < -0.3 is 24.8 Å². The number of hydrogen-bond acceptors (Lipinski definition) is 5. The Morgan fingerprint density at radius 1 is 1.33 bits per heavy atom. The highest BCUT2D eigenvalue weighted by Gasteiger charge is 2.28. The van der Waals surface area contributed by atoms with E-state index in [-0.39, 0.29) is 24.8 Å². The number of ether oxygens (including phenoxy) is 2. The third kappa shape index (κ3) is 5.16. The van der Waals surface area contributed by atoms with Crippen molar-refractivity contribution in [1.29, 1.82) is 0 Å². The molecule has 10 heteroatoms. The van der Waals surface area contributed by atoms with Crippen molar-refractivity contribution in [2.45, 2.75) is 12.7 Å². The highest BCUT2D eigenvalue weighted by Crippen LogP contribution is 2.27. The van der Waals surface area contributed by atoms with Gasteiger partial charge in [-0.25, -0.2) is 9.78 Å². The predicted molar refractivity (Wildman–Crippen MR) is 88.8 cm³/mol. The summed E-state index contributed by atoms with van der Waals surface area (Å²) in [5.41, 5.74) is 1.06. The smallest absolute Gasteiger partial charge is 0.422 e. The fourth-order valence-electron chi connectivity index (χ4n) is 2.43. The Labute approximate surface area is 152 Å². The molecule has 1 aromatic carbocycles. The number of hydrogen-bond donors (Lipinski definition) is 2. The van der Waals surface area contributed by atoms with Gasteiger partial charge in [0.05, 0.1) is 25.0 Å². The molecule has 2 aromatic rings. The number of urea groups is 1. The van der Waals surface area contributed by atoms with Gasteiger partial charge in [0.1, 0.15) is 18.1 Å². The molecule has 2 amide bonds. The molecule has 0 fully saturated rings. The average Bonchev–Trinajstić information content (AvgIpc) is 2.82. The van der Waals surface area contributed by atoms with Crippen LogP contribution in [0.25, 0.3) is 0 Å². The van der Waals surface area contributed by atoms with E-state index in [0.29, 0.717) is 18.0 Å². The number of fused-ring (bicyclic) bond motifs is 1. The highest BCUT2D eigenvalue weighted by atomic mass is 19.4. The summed E-state index contributed by atoms with van der Waals surface area (Å²) < 4.78 is 46.4. The molecule has 144 valence electrons. The third-order valence-electron chi connectivity index (χ3n) is 3.69. The summed E-state index contributed by atoms with van der Waals surface area (Å²) >= 11 is 0. The van der Waals surface area contributed by atoms with Gasteiger partial charge in [0.15, 0.2) is 6.61 Å². The summed E-state index contributed by atoms with van der Waals surface area (Å²) in [4.78, 5) is 17.7. The maximum Gasteiger partial charge on any atom is 0.422 e. The fourth-order valence-corrected chi connectivity index (χ4v) is 2.43. The second-order valence-corrected chi connectivity index (χ2v) is 5.78. The number of phenolic OH excluding ortho intramolecular Hbond substituents is 1. The van der Waals surface area contributed by atoms with Crippen LogP contribution in [0.3, 0.4) is 0 Å². The molecule has 1 aromatic heterocycles. The number of aromatic nitrogens is 1. The second kappa shape index (κ2) is 7.60. The standard InChI is InChI=1S/C17H16F3N3O4/c18-17(19,20)10-27-15-4-2-12(8-21-15)22-16(25)23-5-6-26-14-7-13(24)3-1-11(14)9-23/h1-4,7-8,24H,5-6,9-10H2,(H,22,25). The summed E-state index contributed by atoms with van der Waals surface area (Å²) in [6.45, 7) is -0.579. The molecule has 2 heterocycles. The SMILES string of the molecule is O=C(Nc1ccc(OCC(F)(F)F)nc1)N1CCOc2cc(O)ccc2C1. The van der Waals surface area contributed by atoms with Gasteiger partial charge in [-0.05, 0) is 18.2 Å². The number of carbonyl (C=O) groups excluding carboxylic acids is 1. The van der Waals surface area contributed by atoms with Crippen LogP contribution in [0.4, 0.5) is 23.7 Å². The van der Waals surface area contributed by atoms with Crippen LogP contribution in [0.2, 0.25) is 0 Å². The molecule has 0 saturated carbocycles. The molecule has 27 heavy (non-hydrogen) atoms. The molecule has 1 aliphatic heterocycles. The minimum Gasteiger partial charge on any atom is -0.508 e. The van der Waals surface area contributed by atoms with Crippen LogP contribution in [-0.4, -0.2) is 47.0 Å². The van der Waals surface area contributed by atoms with Crippen molar-refractivity contribution in [2.24, 2.45) is 0 Å². The molecule has 7 nitrogen and oxygen atoms in total. The van der Waals surface area contributed by atoms with Crippen molar-refractivity contribution in [3.63, 3.8) is 0 Å². The van der Waals surface area contributed by atoms with Crippen LogP contribution in [0.5, 0.6) is 17.4 Å². The van der Waals surface area contributed by atoms with Crippen LogP contribution in [0, 0.1) is 0 Å². The molecule has 2 N–H and O–H groups in total. The number of aromatic hydroxyl groups is 1. The van der Waals surface area contributed by atoms with Gasteiger partial charge in [0.25, 0.3) is 0 Å². The number of halogens is 3. The molecule has 0 saturated heterocycles. The predicted octanol–water partition coefficient (Wildman–Crippen LogP) is 3.15.